The van der Waals surface area contributed by atoms with Crippen LogP contribution >= 0.6 is 15.9 Å². The summed E-state index contributed by atoms with van der Waals surface area (Å²) in [6.07, 6.45) is 3.60. The molecule has 0 heterocycles. The Morgan fingerprint density at radius 1 is 0.878 bits per heavy atom. The Balaban J connectivity index is 1.85. The SMILES string of the molecule is CCCNC(=O)C(Cc1ccccc1)N(Cc1ccc(Br)cc1)C(=O)CCCN(c1ccc(CC)cc1)S(C)(=O)=O. The normalized spacial score (nSPS) is 12.0. The van der Waals surface area contributed by atoms with E-state index in [0.29, 0.717) is 25.1 Å². The van der Waals surface area contributed by atoms with Crippen molar-refractivity contribution in [3.8, 4) is 0 Å². The molecule has 0 bridgehead atoms. The topological polar surface area (TPSA) is 86.8 Å². The van der Waals surface area contributed by atoms with Crippen molar-refractivity contribution in [1.29, 1.82) is 0 Å². The summed E-state index contributed by atoms with van der Waals surface area (Å²) in [7, 11) is -3.55. The highest BCUT2D eigenvalue weighted by molar-refractivity contribution is 9.10. The van der Waals surface area contributed by atoms with Crippen molar-refractivity contribution in [3.05, 3.63) is 100 Å². The van der Waals surface area contributed by atoms with Crippen molar-refractivity contribution in [2.45, 2.75) is 58.5 Å². The van der Waals surface area contributed by atoms with Crippen molar-refractivity contribution in [2.75, 3.05) is 23.7 Å². The highest BCUT2D eigenvalue weighted by Gasteiger charge is 2.30. The number of carbonyl (C=O) groups excluding carboxylic acids is 2. The smallest absolute Gasteiger partial charge is 0.243 e. The second-order valence-corrected chi connectivity index (χ2v) is 12.9. The van der Waals surface area contributed by atoms with Gasteiger partial charge < -0.3 is 10.2 Å². The molecule has 220 valence electrons. The maximum Gasteiger partial charge on any atom is 0.243 e. The molecule has 1 atom stereocenters. The van der Waals surface area contributed by atoms with Crippen LogP contribution in [0.2, 0.25) is 0 Å². The average molecular weight is 643 g/mol. The number of nitrogens with one attached hydrogen (secondary N) is 1. The lowest BCUT2D eigenvalue weighted by atomic mass is 10.0. The van der Waals surface area contributed by atoms with Gasteiger partial charge in [-0.05, 0) is 60.2 Å². The molecule has 1 N–H and O–H groups in total. The molecule has 0 aliphatic heterocycles. The maximum absolute atomic E-state index is 13.8. The fourth-order valence-electron chi connectivity index (χ4n) is 4.61. The number of hydrogen-bond donors (Lipinski definition) is 1. The molecule has 3 rings (SSSR count). The van der Waals surface area contributed by atoms with Gasteiger partial charge in [0.25, 0.3) is 0 Å². The zero-order valence-electron chi connectivity index (χ0n) is 24.1. The number of nitrogens with zero attached hydrogens (tertiary/aromatic N) is 2. The van der Waals surface area contributed by atoms with Gasteiger partial charge >= 0.3 is 0 Å². The van der Waals surface area contributed by atoms with Crippen molar-refractivity contribution in [2.24, 2.45) is 0 Å². The molecule has 0 fully saturated rings. The van der Waals surface area contributed by atoms with Gasteiger partial charge in [0, 0.05) is 36.9 Å². The second-order valence-electron chi connectivity index (χ2n) is 10.1. The minimum Gasteiger partial charge on any atom is -0.354 e. The molecule has 0 saturated carbocycles. The summed E-state index contributed by atoms with van der Waals surface area (Å²) in [6, 6.07) is 24.1. The van der Waals surface area contributed by atoms with E-state index in [4.69, 9.17) is 0 Å². The second kappa shape index (κ2) is 15.7. The van der Waals surface area contributed by atoms with Crippen LogP contribution < -0.4 is 9.62 Å². The number of halogens is 1. The number of carbonyl (C=O) groups is 2. The molecular formula is C32H40BrN3O4S. The number of benzene rings is 3. The fourth-order valence-corrected chi connectivity index (χ4v) is 5.84. The average Bonchev–Trinajstić information content (AvgIpc) is 2.96. The van der Waals surface area contributed by atoms with Crippen LogP contribution in [0.15, 0.2) is 83.3 Å². The van der Waals surface area contributed by atoms with Gasteiger partial charge in [-0.1, -0.05) is 84.4 Å². The van der Waals surface area contributed by atoms with Crippen molar-refractivity contribution >= 4 is 43.5 Å². The third-order valence-electron chi connectivity index (χ3n) is 6.87. The van der Waals surface area contributed by atoms with Crippen LogP contribution in [0.5, 0.6) is 0 Å². The predicted octanol–water partition coefficient (Wildman–Crippen LogP) is 5.72. The molecule has 2 amide bonds. The molecule has 3 aromatic rings. The van der Waals surface area contributed by atoms with Crippen LogP contribution in [0.4, 0.5) is 5.69 Å². The Bertz CT molecular complexity index is 1360. The highest BCUT2D eigenvalue weighted by Crippen LogP contribution is 2.21. The van der Waals surface area contributed by atoms with Crippen LogP contribution in [-0.2, 0) is 39.0 Å². The van der Waals surface area contributed by atoms with Crippen molar-refractivity contribution < 1.29 is 18.0 Å². The van der Waals surface area contributed by atoms with E-state index in [1.54, 1.807) is 17.0 Å². The van der Waals surface area contributed by atoms with Crippen molar-refractivity contribution in [3.63, 3.8) is 0 Å². The molecule has 0 saturated heterocycles. The Hall–Kier alpha value is -3.17. The molecule has 0 aliphatic rings. The van der Waals surface area contributed by atoms with Gasteiger partial charge in [-0.25, -0.2) is 8.42 Å². The Kier molecular flexibility index (Phi) is 12.4. The molecule has 0 radical (unpaired) electrons. The fraction of sp³-hybridized carbons (Fsp3) is 0.375. The molecule has 3 aromatic carbocycles. The molecule has 0 spiro atoms. The summed E-state index contributed by atoms with van der Waals surface area (Å²) in [5.74, 6) is -0.398. The minimum atomic E-state index is -3.55. The largest absolute Gasteiger partial charge is 0.354 e. The lowest BCUT2D eigenvalue weighted by molar-refractivity contribution is -0.141. The molecule has 9 heteroatoms. The van der Waals surface area contributed by atoms with Crippen molar-refractivity contribution in [1.82, 2.24) is 10.2 Å². The Morgan fingerprint density at radius 3 is 2.10 bits per heavy atom. The predicted molar refractivity (Wildman–Crippen MR) is 169 cm³/mol. The zero-order valence-corrected chi connectivity index (χ0v) is 26.5. The first-order valence-corrected chi connectivity index (χ1v) is 16.7. The quantitative estimate of drug-likeness (QED) is 0.230. The monoisotopic (exact) mass is 641 g/mol. The number of rotatable bonds is 15. The summed E-state index contributed by atoms with van der Waals surface area (Å²) >= 11 is 3.46. The number of hydrogen-bond acceptors (Lipinski definition) is 4. The first-order valence-electron chi connectivity index (χ1n) is 14.0. The standard InChI is InChI=1S/C32H40BrN3O4S/c1-4-21-34-32(38)30(23-26-10-7-6-8-11-26)35(24-27-13-17-28(33)18-14-27)31(37)12-9-22-36(41(3,39)40)29-19-15-25(5-2)16-20-29/h6-8,10-11,13-20,30H,4-5,9,12,21-24H2,1-3H3,(H,34,38). The summed E-state index contributed by atoms with van der Waals surface area (Å²) in [5.41, 5.74) is 3.55. The summed E-state index contributed by atoms with van der Waals surface area (Å²) < 4.78 is 27.5. The summed E-state index contributed by atoms with van der Waals surface area (Å²) in [6.45, 7) is 4.97. The minimum absolute atomic E-state index is 0.0991. The number of aryl methyl sites for hydroxylation is 1. The molecular weight excluding hydrogens is 602 g/mol. The molecule has 0 aliphatic carbocycles. The van der Waals surface area contributed by atoms with Crippen LogP contribution in [0.25, 0.3) is 0 Å². The first-order chi connectivity index (χ1) is 19.6. The van der Waals surface area contributed by atoms with E-state index in [-0.39, 0.29) is 31.3 Å². The van der Waals surface area contributed by atoms with E-state index in [2.05, 4.69) is 21.2 Å². The van der Waals surface area contributed by atoms with E-state index in [1.807, 2.05) is 80.6 Å². The van der Waals surface area contributed by atoms with Gasteiger partial charge in [0.2, 0.25) is 21.8 Å². The number of amides is 2. The summed E-state index contributed by atoms with van der Waals surface area (Å²) in [4.78, 5) is 28.9. The number of sulfonamides is 1. The van der Waals surface area contributed by atoms with Gasteiger partial charge in [-0.15, -0.1) is 0 Å². The Labute approximate surface area is 253 Å². The highest BCUT2D eigenvalue weighted by atomic mass is 79.9. The molecule has 1 unspecified atom stereocenters. The van der Waals surface area contributed by atoms with Gasteiger partial charge in [-0.3, -0.25) is 13.9 Å². The van der Waals surface area contributed by atoms with E-state index in [0.717, 1.165) is 34.0 Å². The van der Waals surface area contributed by atoms with E-state index >= 15 is 0 Å². The third kappa shape index (κ3) is 10.0. The summed E-state index contributed by atoms with van der Waals surface area (Å²) in [5, 5.41) is 2.98. The lowest BCUT2D eigenvalue weighted by Crippen LogP contribution is -2.50. The Morgan fingerprint density at radius 2 is 1.51 bits per heavy atom. The van der Waals surface area contributed by atoms with Crippen LogP contribution in [-0.4, -0.2) is 50.5 Å². The van der Waals surface area contributed by atoms with Gasteiger partial charge in [-0.2, -0.15) is 0 Å². The van der Waals surface area contributed by atoms with Gasteiger partial charge in [0.1, 0.15) is 6.04 Å². The van der Waals surface area contributed by atoms with Crippen LogP contribution in [0.3, 0.4) is 0 Å². The first kappa shape index (κ1) is 32.3. The van der Waals surface area contributed by atoms with Crippen LogP contribution in [0.1, 0.15) is 49.8 Å². The van der Waals surface area contributed by atoms with Crippen LogP contribution in [0, 0.1) is 0 Å². The molecule has 0 aromatic heterocycles. The van der Waals surface area contributed by atoms with Gasteiger partial charge in [0.15, 0.2) is 0 Å². The zero-order chi connectivity index (χ0) is 29.8. The molecule has 7 nitrogen and oxygen atoms in total. The van der Waals surface area contributed by atoms with Gasteiger partial charge in [0.05, 0.1) is 11.9 Å². The third-order valence-corrected chi connectivity index (χ3v) is 8.59. The van der Waals surface area contributed by atoms with E-state index in [1.165, 1.54) is 10.6 Å². The maximum atomic E-state index is 13.8. The van der Waals surface area contributed by atoms with E-state index in [9.17, 15) is 18.0 Å². The molecule has 41 heavy (non-hydrogen) atoms. The number of anilines is 1. The lowest BCUT2D eigenvalue weighted by Gasteiger charge is -2.32. The van der Waals surface area contributed by atoms with E-state index < -0.39 is 16.1 Å².